The van der Waals surface area contributed by atoms with Gasteiger partial charge < -0.3 is 15.4 Å². The maximum Gasteiger partial charge on any atom is 0.125 e. The number of aryl methyl sites for hydroxylation is 1. The van der Waals surface area contributed by atoms with Crippen LogP contribution in [0.3, 0.4) is 0 Å². The van der Waals surface area contributed by atoms with E-state index in [2.05, 4.69) is 30.0 Å². The van der Waals surface area contributed by atoms with Gasteiger partial charge in [0, 0.05) is 12.6 Å². The van der Waals surface area contributed by atoms with Gasteiger partial charge in [-0.1, -0.05) is 18.2 Å². The number of hydrogen-bond donors (Lipinski definition) is 1. The zero-order valence-corrected chi connectivity index (χ0v) is 11.4. The van der Waals surface area contributed by atoms with E-state index < -0.39 is 0 Å². The molecule has 0 amide bonds. The molecule has 0 saturated carbocycles. The number of nitrogens with two attached hydrogens (primary N) is 1. The van der Waals surface area contributed by atoms with Gasteiger partial charge in [-0.15, -0.1) is 0 Å². The standard InChI is InChI=1S/C14H24N2O/c1-11-6-5-7-13(10-12(2)15)14(11)17-9-8-16(3)4/h5-7,12H,8-10,15H2,1-4H3. The monoisotopic (exact) mass is 236 g/mol. The van der Waals surface area contributed by atoms with E-state index in [0.717, 1.165) is 18.7 Å². The molecule has 0 aliphatic rings. The minimum atomic E-state index is 0.160. The molecule has 0 aliphatic carbocycles. The van der Waals surface area contributed by atoms with Crippen molar-refractivity contribution in [3.05, 3.63) is 29.3 Å². The highest BCUT2D eigenvalue weighted by Crippen LogP contribution is 2.24. The summed E-state index contributed by atoms with van der Waals surface area (Å²) in [5, 5.41) is 0. The van der Waals surface area contributed by atoms with Crippen molar-refractivity contribution < 1.29 is 4.74 Å². The average Bonchev–Trinajstić information content (AvgIpc) is 2.21. The molecule has 3 nitrogen and oxygen atoms in total. The molecule has 1 aromatic rings. The summed E-state index contributed by atoms with van der Waals surface area (Å²) in [6.45, 7) is 5.73. The second-order valence-corrected chi connectivity index (χ2v) is 4.90. The van der Waals surface area contributed by atoms with Gasteiger partial charge in [0.1, 0.15) is 12.4 Å². The molecule has 17 heavy (non-hydrogen) atoms. The van der Waals surface area contributed by atoms with E-state index in [4.69, 9.17) is 10.5 Å². The number of likely N-dealkylation sites (N-methyl/N-ethyl adjacent to an activating group) is 1. The van der Waals surface area contributed by atoms with Crippen LogP contribution < -0.4 is 10.5 Å². The van der Waals surface area contributed by atoms with E-state index in [1.807, 2.05) is 21.0 Å². The number of para-hydroxylation sites is 1. The quantitative estimate of drug-likeness (QED) is 0.819. The van der Waals surface area contributed by atoms with Crippen LogP contribution in [0.1, 0.15) is 18.1 Å². The van der Waals surface area contributed by atoms with E-state index in [1.165, 1.54) is 11.1 Å². The molecule has 0 bridgehead atoms. The molecule has 0 aromatic heterocycles. The zero-order valence-electron chi connectivity index (χ0n) is 11.4. The SMILES string of the molecule is Cc1cccc(CC(C)N)c1OCCN(C)C. The van der Waals surface area contributed by atoms with Crippen LogP contribution in [0.5, 0.6) is 5.75 Å². The maximum absolute atomic E-state index is 5.88. The number of nitrogens with zero attached hydrogens (tertiary/aromatic N) is 1. The molecule has 1 aromatic carbocycles. The fourth-order valence-electron chi connectivity index (χ4n) is 1.76. The lowest BCUT2D eigenvalue weighted by atomic mass is 10.0. The van der Waals surface area contributed by atoms with Gasteiger partial charge in [0.15, 0.2) is 0 Å². The Kier molecular flexibility index (Phi) is 5.45. The Morgan fingerprint density at radius 1 is 1.35 bits per heavy atom. The maximum atomic E-state index is 5.88. The van der Waals surface area contributed by atoms with Gasteiger partial charge in [-0.3, -0.25) is 0 Å². The van der Waals surface area contributed by atoms with Crippen LogP contribution in [0.25, 0.3) is 0 Å². The van der Waals surface area contributed by atoms with Crippen molar-refractivity contribution in [3.8, 4) is 5.75 Å². The van der Waals surface area contributed by atoms with Crippen LogP contribution in [0.4, 0.5) is 0 Å². The van der Waals surface area contributed by atoms with Crippen LogP contribution in [-0.4, -0.2) is 38.2 Å². The van der Waals surface area contributed by atoms with Crippen molar-refractivity contribution in [2.24, 2.45) is 5.73 Å². The van der Waals surface area contributed by atoms with E-state index in [0.29, 0.717) is 6.61 Å². The molecule has 2 N–H and O–H groups in total. The smallest absolute Gasteiger partial charge is 0.125 e. The molecular weight excluding hydrogens is 212 g/mol. The molecule has 0 radical (unpaired) electrons. The lowest BCUT2D eigenvalue weighted by Crippen LogP contribution is -2.21. The van der Waals surface area contributed by atoms with Gasteiger partial charge in [-0.25, -0.2) is 0 Å². The Bertz CT molecular complexity index is 348. The van der Waals surface area contributed by atoms with E-state index in [-0.39, 0.29) is 6.04 Å². The van der Waals surface area contributed by atoms with E-state index >= 15 is 0 Å². The van der Waals surface area contributed by atoms with Crippen molar-refractivity contribution in [1.82, 2.24) is 4.90 Å². The van der Waals surface area contributed by atoms with Gasteiger partial charge in [0.2, 0.25) is 0 Å². The van der Waals surface area contributed by atoms with Crippen LogP contribution in [0.15, 0.2) is 18.2 Å². The number of hydrogen-bond acceptors (Lipinski definition) is 3. The molecule has 1 unspecified atom stereocenters. The fourth-order valence-corrected chi connectivity index (χ4v) is 1.76. The molecular formula is C14H24N2O. The number of benzene rings is 1. The number of ether oxygens (including phenoxy) is 1. The molecule has 0 aliphatic heterocycles. The third-order valence-electron chi connectivity index (χ3n) is 2.62. The molecule has 3 heteroatoms. The second kappa shape index (κ2) is 6.62. The Hall–Kier alpha value is -1.06. The predicted molar refractivity (Wildman–Crippen MR) is 72.6 cm³/mol. The summed E-state index contributed by atoms with van der Waals surface area (Å²) < 4.78 is 5.88. The molecule has 0 spiro atoms. The topological polar surface area (TPSA) is 38.5 Å². The third kappa shape index (κ3) is 4.75. The summed E-state index contributed by atoms with van der Waals surface area (Å²) in [4.78, 5) is 2.11. The largest absolute Gasteiger partial charge is 0.492 e. The van der Waals surface area contributed by atoms with Gasteiger partial charge in [0.25, 0.3) is 0 Å². The average molecular weight is 236 g/mol. The van der Waals surface area contributed by atoms with Crippen LogP contribution >= 0.6 is 0 Å². The molecule has 0 heterocycles. The van der Waals surface area contributed by atoms with Gasteiger partial charge in [-0.05, 0) is 45.5 Å². The molecule has 1 atom stereocenters. The lowest BCUT2D eigenvalue weighted by Gasteiger charge is -2.17. The lowest BCUT2D eigenvalue weighted by molar-refractivity contribution is 0.258. The van der Waals surface area contributed by atoms with Gasteiger partial charge in [-0.2, -0.15) is 0 Å². The minimum absolute atomic E-state index is 0.160. The minimum Gasteiger partial charge on any atom is -0.492 e. The summed E-state index contributed by atoms with van der Waals surface area (Å²) in [6, 6.07) is 6.40. The molecule has 0 saturated heterocycles. The first-order valence-electron chi connectivity index (χ1n) is 6.12. The van der Waals surface area contributed by atoms with Crippen molar-refractivity contribution in [1.29, 1.82) is 0 Å². The van der Waals surface area contributed by atoms with Gasteiger partial charge in [0.05, 0.1) is 0 Å². The molecule has 96 valence electrons. The summed E-state index contributed by atoms with van der Waals surface area (Å²) >= 11 is 0. The van der Waals surface area contributed by atoms with Crippen molar-refractivity contribution in [2.45, 2.75) is 26.3 Å². The van der Waals surface area contributed by atoms with Crippen LogP contribution in [-0.2, 0) is 6.42 Å². The highest BCUT2D eigenvalue weighted by atomic mass is 16.5. The van der Waals surface area contributed by atoms with Crippen molar-refractivity contribution in [2.75, 3.05) is 27.2 Å². The first-order valence-corrected chi connectivity index (χ1v) is 6.12. The summed E-state index contributed by atoms with van der Waals surface area (Å²) in [7, 11) is 4.09. The van der Waals surface area contributed by atoms with E-state index in [9.17, 15) is 0 Å². The Balaban J connectivity index is 2.73. The van der Waals surface area contributed by atoms with E-state index in [1.54, 1.807) is 0 Å². The first-order chi connectivity index (χ1) is 8.00. The first kappa shape index (κ1) is 14.0. The third-order valence-corrected chi connectivity index (χ3v) is 2.62. The zero-order chi connectivity index (χ0) is 12.8. The fraction of sp³-hybridized carbons (Fsp3) is 0.571. The second-order valence-electron chi connectivity index (χ2n) is 4.90. The van der Waals surface area contributed by atoms with Gasteiger partial charge >= 0.3 is 0 Å². The Morgan fingerprint density at radius 2 is 2.06 bits per heavy atom. The van der Waals surface area contributed by atoms with Crippen molar-refractivity contribution in [3.63, 3.8) is 0 Å². The molecule has 1 rings (SSSR count). The van der Waals surface area contributed by atoms with Crippen LogP contribution in [0.2, 0.25) is 0 Å². The molecule has 0 fully saturated rings. The summed E-state index contributed by atoms with van der Waals surface area (Å²) in [5.41, 5.74) is 8.25. The Morgan fingerprint density at radius 3 is 2.65 bits per heavy atom. The highest BCUT2D eigenvalue weighted by molar-refractivity contribution is 5.41. The number of rotatable bonds is 6. The highest BCUT2D eigenvalue weighted by Gasteiger charge is 2.08. The predicted octanol–water partition coefficient (Wildman–Crippen LogP) is 1.83. The normalized spacial score (nSPS) is 12.8. The van der Waals surface area contributed by atoms with Crippen LogP contribution in [0, 0.1) is 6.92 Å². The Labute approximate surface area is 105 Å². The van der Waals surface area contributed by atoms with Crippen molar-refractivity contribution >= 4 is 0 Å². The summed E-state index contributed by atoms with van der Waals surface area (Å²) in [5.74, 6) is 1.01. The summed E-state index contributed by atoms with van der Waals surface area (Å²) in [6.07, 6.45) is 0.860.